The van der Waals surface area contributed by atoms with Crippen LogP contribution in [0.5, 0.6) is 5.75 Å². The molecule has 1 unspecified atom stereocenters. The Balaban J connectivity index is 2.27. The number of benzene rings is 1. The molecular formula is C12H18N2O. The molecule has 15 heavy (non-hydrogen) atoms. The van der Waals surface area contributed by atoms with E-state index in [-0.39, 0.29) is 6.17 Å². The van der Waals surface area contributed by atoms with Crippen LogP contribution in [0.2, 0.25) is 0 Å². The van der Waals surface area contributed by atoms with Crippen LogP contribution in [-0.4, -0.2) is 25.6 Å². The first kappa shape index (κ1) is 10.5. The molecule has 82 valence electrons. The van der Waals surface area contributed by atoms with E-state index in [0.29, 0.717) is 0 Å². The molecule has 1 aromatic carbocycles. The zero-order chi connectivity index (χ0) is 10.8. The average molecular weight is 206 g/mol. The Morgan fingerprint density at radius 3 is 2.93 bits per heavy atom. The molecule has 0 saturated heterocycles. The van der Waals surface area contributed by atoms with Gasteiger partial charge in [0.15, 0.2) is 0 Å². The third-order valence-corrected chi connectivity index (χ3v) is 2.83. The van der Waals surface area contributed by atoms with Gasteiger partial charge in [0.05, 0.1) is 12.8 Å². The zero-order valence-corrected chi connectivity index (χ0v) is 9.36. The van der Waals surface area contributed by atoms with Crippen LogP contribution < -0.4 is 10.5 Å². The monoisotopic (exact) mass is 206 g/mol. The van der Waals surface area contributed by atoms with Crippen LogP contribution in [0.1, 0.15) is 23.7 Å². The lowest BCUT2D eigenvalue weighted by molar-refractivity contribution is 0.285. The maximum absolute atomic E-state index is 6.06. The fourth-order valence-electron chi connectivity index (χ4n) is 1.86. The van der Waals surface area contributed by atoms with E-state index < -0.39 is 0 Å². The molecular weight excluding hydrogens is 188 g/mol. The van der Waals surface area contributed by atoms with Crippen molar-refractivity contribution in [2.45, 2.75) is 19.0 Å². The molecule has 0 fully saturated rings. The smallest absolute Gasteiger partial charge is 0.122 e. The molecule has 0 aliphatic carbocycles. The fraction of sp³-hybridized carbons (Fsp3) is 0.500. The van der Waals surface area contributed by atoms with E-state index >= 15 is 0 Å². The first-order chi connectivity index (χ1) is 7.18. The molecule has 0 amide bonds. The molecule has 0 aromatic heterocycles. The predicted octanol–water partition coefficient (Wildman–Crippen LogP) is 1.53. The largest absolute Gasteiger partial charge is 0.493 e. The van der Waals surface area contributed by atoms with Crippen LogP contribution in [0.3, 0.4) is 0 Å². The standard InChI is InChI=1S/C12H18N2O/c1-14(2)12(13)10-5-6-11-9(8-10)4-3-7-15-11/h5-6,8,12H,3-4,7,13H2,1-2H3. The number of nitrogens with two attached hydrogens (primary N) is 1. The van der Waals surface area contributed by atoms with Gasteiger partial charge in [-0.05, 0) is 50.2 Å². The summed E-state index contributed by atoms with van der Waals surface area (Å²) in [5.74, 6) is 1.02. The van der Waals surface area contributed by atoms with Crippen molar-refractivity contribution in [2.75, 3.05) is 20.7 Å². The molecule has 3 nitrogen and oxygen atoms in total. The summed E-state index contributed by atoms with van der Waals surface area (Å²) in [5, 5.41) is 0. The van der Waals surface area contributed by atoms with Crippen LogP contribution in [0, 0.1) is 0 Å². The molecule has 0 spiro atoms. The lowest BCUT2D eigenvalue weighted by Crippen LogP contribution is -2.27. The van der Waals surface area contributed by atoms with Gasteiger partial charge in [-0.15, -0.1) is 0 Å². The van der Waals surface area contributed by atoms with E-state index in [1.807, 2.05) is 25.1 Å². The summed E-state index contributed by atoms with van der Waals surface area (Å²) in [4.78, 5) is 2.01. The Kier molecular flexibility index (Phi) is 2.93. The number of nitrogens with zero attached hydrogens (tertiary/aromatic N) is 1. The summed E-state index contributed by atoms with van der Waals surface area (Å²) in [5.41, 5.74) is 8.50. The Labute approximate surface area is 90.8 Å². The number of aryl methyl sites for hydroxylation is 1. The summed E-state index contributed by atoms with van der Waals surface area (Å²) < 4.78 is 5.56. The quantitative estimate of drug-likeness (QED) is 0.746. The number of ether oxygens (including phenoxy) is 1. The number of rotatable bonds is 2. The SMILES string of the molecule is CN(C)C(N)c1ccc2c(c1)CCCO2. The molecule has 1 heterocycles. The molecule has 1 atom stereocenters. The van der Waals surface area contributed by atoms with Crippen LogP contribution in [0.4, 0.5) is 0 Å². The minimum absolute atomic E-state index is 0.0303. The van der Waals surface area contributed by atoms with Gasteiger partial charge >= 0.3 is 0 Å². The molecule has 1 aromatic rings. The van der Waals surface area contributed by atoms with Gasteiger partial charge in [-0.2, -0.15) is 0 Å². The molecule has 1 aliphatic heterocycles. The van der Waals surface area contributed by atoms with Gasteiger partial charge in [0.1, 0.15) is 5.75 Å². The molecule has 2 rings (SSSR count). The van der Waals surface area contributed by atoms with Crippen molar-refractivity contribution in [3.8, 4) is 5.75 Å². The topological polar surface area (TPSA) is 38.5 Å². The normalized spacial score (nSPS) is 17.1. The molecule has 0 radical (unpaired) electrons. The molecule has 3 heteroatoms. The van der Waals surface area contributed by atoms with Gasteiger partial charge in [-0.3, -0.25) is 4.90 Å². The van der Waals surface area contributed by atoms with Crippen molar-refractivity contribution in [2.24, 2.45) is 5.73 Å². The summed E-state index contributed by atoms with van der Waals surface area (Å²) in [6, 6.07) is 6.25. The summed E-state index contributed by atoms with van der Waals surface area (Å²) in [6.07, 6.45) is 2.17. The first-order valence-electron chi connectivity index (χ1n) is 5.36. The summed E-state index contributed by atoms with van der Waals surface area (Å²) in [7, 11) is 3.97. The van der Waals surface area contributed by atoms with Crippen molar-refractivity contribution >= 4 is 0 Å². The van der Waals surface area contributed by atoms with E-state index in [2.05, 4.69) is 12.1 Å². The number of fused-ring (bicyclic) bond motifs is 1. The van der Waals surface area contributed by atoms with Gasteiger partial charge in [-0.25, -0.2) is 0 Å². The highest BCUT2D eigenvalue weighted by Crippen LogP contribution is 2.27. The van der Waals surface area contributed by atoms with E-state index in [0.717, 1.165) is 30.8 Å². The zero-order valence-electron chi connectivity index (χ0n) is 9.36. The third kappa shape index (κ3) is 2.13. The van der Waals surface area contributed by atoms with Gasteiger partial charge in [0.25, 0.3) is 0 Å². The van der Waals surface area contributed by atoms with Crippen LogP contribution in [0.25, 0.3) is 0 Å². The second kappa shape index (κ2) is 4.21. The lowest BCUT2D eigenvalue weighted by atomic mass is 10.0. The summed E-state index contributed by atoms with van der Waals surface area (Å²) in [6.45, 7) is 0.839. The van der Waals surface area contributed by atoms with Gasteiger partial charge in [0, 0.05) is 0 Å². The Bertz CT molecular complexity index is 349. The molecule has 2 N–H and O–H groups in total. The van der Waals surface area contributed by atoms with Crippen molar-refractivity contribution in [1.82, 2.24) is 4.90 Å². The van der Waals surface area contributed by atoms with Crippen molar-refractivity contribution < 1.29 is 4.74 Å². The Morgan fingerprint density at radius 1 is 1.40 bits per heavy atom. The van der Waals surface area contributed by atoms with E-state index in [9.17, 15) is 0 Å². The maximum atomic E-state index is 6.06. The predicted molar refractivity (Wildman–Crippen MR) is 60.9 cm³/mol. The Hall–Kier alpha value is -1.06. The van der Waals surface area contributed by atoms with Crippen molar-refractivity contribution in [3.63, 3.8) is 0 Å². The van der Waals surface area contributed by atoms with Crippen molar-refractivity contribution in [3.05, 3.63) is 29.3 Å². The molecule has 0 saturated carbocycles. The lowest BCUT2D eigenvalue weighted by Gasteiger charge is -2.23. The highest BCUT2D eigenvalue weighted by Gasteiger charge is 2.14. The number of hydrogen-bond acceptors (Lipinski definition) is 3. The Morgan fingerprint density at radius 2 is 2.20 bits per heavy atom. The molecule has 1 aliphatic rings. The first-order valence-corrected chi connectivity index (χ1v) is 5.36. The van der Waals surface area contributed by atoms with Gasteiger partial charge in [-0.1, -0.05) is 6.07 Å². The van der Waals surface area contributed by atoms with E-state index in [4.69, 9.17) is 10.5 Å². The van der Waals surface area contributed by atoms with Crippen molar-refractivity contribution in [1.29, 1.82) is 0 Å². The minimum atomic E-state index is -0.0303. The summed E-state index contributed by atoms with van der Waals surface area (Å²) >= 11 is 0. The second-order valence-electron chi connectivity index (χ2n) is 4.23. The third-order valence-electron chi connectivity index (χ3n) is 2.83. The minimum Gasteiger partial charge on any atom is -0.493 e. The van der Waals surface area contributed by atoms with Crippen LogP contribution >= 0.6 is 0 Å². The second-order valence-corrected chi connectivity index (χ2v) is 4.23. The highest BCUT2D eigenvalue weighted by atomic mass is 16.5. The van der Waals surface area contributed by atoms with Gasteiger partial charge in [0.2, 0.25) is 0 Å². The number of hydrogen-bond donors (Lipinski definition) is 1. The van der Waals surface area contributed by atoms with E-state index in [1.54, 1.807) is 0 Å². The molecule has 0 bridgehead atoms. The van der Waals surface area contributed by atoms with E-state index in [1.165, 1.54) is 5.56 Å². The highest BCUT2D eigenvalue weighted by molar-refractivity contribution is 5.39. The maximum Gasteiger partial charge on any atom is 0.122 e. The average Bonchev–Trinajstić information content (AvgIpc) is 2.27. The van der Waals surface area contributed by atoms with Crippen LogP contribution in [0.15, 0.2) is 18.2 Å². The van der Waals surface area contributed by atoms with Gasteiger partial charge < -0.3 is 10.5 Å². The fourth-order valence-corrected chi connectivity index (χ4v) is 1.86. The van der Waals surface area contributed by atoms with Crippen LogP contribution in [-0.2, 0) is 6.42 Å².